The average molecular weight is 631 g/mol. The molecule has 3 aliphatic rings. The molecule has 246 valence electrons. The number of aliphatic hydroxyl groups is 1. The predicted molar refractivity (Wildman–Crippen MR) is 176 cm³/mol. The molecule has 44 heavy (non-hydrogen) atoms. The number of nitrogens with two attached hydrogens (primary N) is 1. The van der Waals surface area contributed by atoms with Crippen LogP contribution < -0.4 is 27.0 Å². The first-order valence-corrected chi connectivity index (χ1v) is 17.9. The van der Waals surface area contributed by atoms with Gasteiger partial charge in [-0.25, -0.2) is 4.79 Å². The monoisotopic (exact) mass is 630 g/mol. The van der Waals surface area contributed by atoms with E-state index in [-0.39, 0.29) is 30.6 Å². The summed E-state index contributed by atoms with van der Waals surface area (Å²) in [6.07, 6.45) is 12.0. The van der Waals surface area contributed by atoms with E-state index in [4.69, 9.17) is 5.73 Å². The number of thioether (sulfide) groups is 1. The van der Waals surface area contributed by atoms with Crippen LogP contribution in [0.1, 0.15) is 82.6 Å². The van der Waals surface area contributed by atoms with Gasteiger partial charge in [-0.2, -0.15) is 0 Å². The van der Waals surface area contributed by atoms with Crippen molar-refractivity contribution in [3.63, 3.8) is 0 Å². The summed E-state index contributed by atoms with van der Waals surface area (Å²) in [6, 6.07) is 8.14. The molecule has 0 aromatic heterocycles. The SMILES string of the molecule is NC1CCN(C(=O)N[C@@H](Cc2ccccc2)C(=O)NCC(=O)N[C@@H](CC2CCCCC2)[C@@H](O)CCSC2CCCCN2)CC1. The fraction of sp³-hybridized carbons (Fsp3) is 0.727. The molecule has 0 spiro atoms. The van der Waals surface area contributed by atoms with Crippen LogP contribution in [0.2, 0.25) is 0 Å². The van der Waals surface area contributed by atoms with E-state index in [9.17, 15) is 19.5 Å². The zero-order chi connectivity index (χ0) is 31.1. The average Bonchev–Trinajstić information content (AvgIpc) is 3.04. The van der Waals surface area contributed by atoms with Crippen molar-refractivity contribution in [1.82, 2.24) is 26.2 Å². The van der Waals surface area contributed by atoms with Crippen LogP contribution in [0.15, 0.2) is 30.3 Å². The van der Waals surface area contributed by atoms with Crippen molar-refractivity contribution >= 4 is 29.6 Å². The number of benzene rings is 1. The molecule has 4 atom stereocenters. The van der Waals surface area contributed by atoms with Crippen molar-refractivity contribution in [2.75, 3.05) is 31.9 Å². The molecule has 0 radical (unpaired) electrons. The topological polar surface area (TPSA) is 149 Å². The van der Waals surface area contributed by atoms with Crippen molar-refractivity contribution in [2.45, 2.75) is 113 Å². The number of carbonyl (C=O) groups excluding carboxylic acids is 3. The Hall–Kier alpha value is -2.34. The second kappa shape index (κ2) is 18.6. The Labute approximate surface area is 267 Å². The second-order valence-electron chi connectivity index (χ2n) is 12.8. The number of nitrogens with zero attached hydrogens (tertiary/aromatic N) is 1. The molecule has 1 aromatic rings. The summed E-state index contributed by atoms with van der Waals surface area (Å²) in [4.78, 5) is 41.2. The van der Waals surface area contributed by atoms with E-state index in [1.165, 1.54) is 32.1 Å². The van der Waals surface area contributed by atoms with Crippen LogP contribution in [0.25, 0.3) is 0 Å². The number of hydrogen-bond donors (Lipinski definition) is 6. The fourth-order valence-electron chi connectivity index (χ4n) is 6.54. The lowest BCUT2D eigenvalue weighted by Crippen LogP contribution is -2.55. The smallest absolute Gasteiger partial charge is 0.318 e. The van der Waals surface area contributed by atoms with E-state index >= 15 is 0 Å². The number of urea groups is 1. The Bertz CT molecular complexity index is 1010. The number of carbonyl (C=O) groups is 3. The summed E-state index contributed by atoms with van der Waals surface area (Å²) in [5, 5.41) is 23.9. The van der Waals surface area contributed by atoms with Crippen molar-refractivity contribution < 1.29 is 19.5 Å². The number of amides is 4. The van der Waals surface area contributed by atoms with Crippen LogP contribution in [0.4, 0.5) is 4.79 Å². The number of piperidine rings is 2. The molecule has 4 rings (SSSR count). The fourth-order valence-corrected chi connectivity index (χ4v) is 7.77. The highest BCUT2D eigenvalue weighted by molar-refractivity contribution is 7.99. The maximum Gasteiger partial charge on any atom is 0.318 e. The van der Waals surface area contributed by atoms with Gasteiger partial charge in [0.2, 0.25) is 11.8 Å². The molecule has 1 saturated carbocycles. The molecule has 10 nitrogen and oxygen atoms in total. The number of hydrogen-bond acceptors (Lipinski definition) is 7. The minimum Gasteiger partial charge on any atom is -0.391 e. The van der Waals surface area contributed by atoms with Crippen LogP contribution in [0.3, 0.4) is 0 Å². The highest BCUT2D eigenvalue weighted by atomic mass is 32.2. The van der Waals surface area contributed by atoms with Gasteiger partial charge in [0.1, 0.15) is 6.04 Å². The molecule has 11 heteroatoms. The van der Waals surface area contributed by atoms with E-state index in [0.717, 1.165) is 56.4 Å². The molecule has 2 heterocycles. The lowest BCUT2D eigenvalue weighted by molar-refractivity contribution is -0.128. The molecular weight excluding hydrogens is 576 g/mol. The third-order valence-corrected chi connectivity index (χ3v) is 10.5. The quantitative estimate of drug-likeness (QED) is 0.185. The van der Waals surface area contributed by atoms with Crippen LogP contribution in [-0.4, -0.2) is 89.4 Å². The van der Waals surface area contributed by atoms with Crippen molar-refractivity contribution in [2.24, 2.45) is 11.7 Å². The van der Waals surface area contributed by atoms with E-state index in [1.54, 1.807) is 4.90 Å². The lowest BCUT2D eigenvalue weighted by atomic mass is 9.83. The van der Waals surface area contributed by atoms with E-state index in [0.29, 0.717) is 37.2 Å². The van der Waals surface area contributed by atoms with Gasteiger partial charge in [-0.1, -0.05) is 62.4 Å². The lowest BCUT2D eigenvalue weighted by Gasteiger charge is -2.32. The van der Waals surface area contributed by atoms with Gasteiger partial charge < -0.3 is 37.0 Å². The summed E-state index contributed by atoms with van der Waals surface area (Å²) in [5.74, 6) is 0.582. The summed E-state index contributed by atoms with van der Waals surface area (Å²) >= 11 is 1.86. The van der Waals surface area contributed by atoms with Gasteiger partial charge in [-0.15, -0.1) is 11.8 Å². The molecule has 1 unspecified atom stereocenters. The van der Waals surface area contributed by atoms with Gasteiger partial charge in [-0.3, -0.25) is 9.59 Å². The van der Waals surface area contributed by atoms with Gasteiger partial charge in [0.25, 0.3) is 0 Å². The molecule has 4 amide bonds. The summed E-state index contributed by atoms with van der Waals surface area (Å²) in [7, 11) is 0. The van der Waals surface area contributed by atoms with Crippen molar-refractivity contribution in [3.05, 3.63) is 35.9 Å². The van der Waals surface area contributed by atoms with Gasteiger partial charge in [0, 0.05) is 25.6 Å². The summed E-state index contributed by atoms with van der Waals surface area (Å²) in [5.41, 5.74) is 6.91. The molecule has 2 saturated heterocycles. The largest absolute Gasteiger partial charge is 0.391 e. The number of rotatable bonds is 14. The molecule has 3 fully saturated rings. The molecule has 0 bridgehead atoms. The summed E-state index contributed by atoms with van der Waals surface area (Å²) in [6.45, 7) is 1.94. The van der Waals surface area contributed by atoms with Crippen molar-refractivity contribution in [3.8, 4) is 0 Å². The van der Waals surface area contributed by atoms with Crippen LogP contribution in [-0.2, 0) is 16.0 Å². The standard InChI is InChI=1S/C33H54N6O4S/c34-26-14-18-39(19-15-26)33(43)38-28(22-25-11-5-2-6-12-25)32(42)36-23-30(41)37-27(21-24-9-3-1-4-10-24)29(40)16-20-44-31-13-7-8-17-35-31/h2,5-6,11-12,24,26-29,31,35,40H,1,3-4,7-10,13-23,34H2,(H,36,42)(H,37,41)(H,38,43)/t27-,28-,29-,31?/m0/s1. The minimum absolute atomic E-state index is 0.0917. The maximum absolute atomic E-state index is 13.3. The molecule has 1 aliphatic carbocycles. The van der Waals surface area contributed by atoms with E-state index in [2.05, 4.69) is 21.3 Å². The minimum atomic E-state index is -0.831. The van der Waals surface area contributed by atoms with Gasteiger partial charge in [0.05, 0.1) is 24.1 Å². The number of aliphatic hydroxyl groups excluding tert-OH is 1. The van der Waals surface area contributed by atoms with Gasteiger partial charge in [-0.05, 0) is 68.7 Å². The highest BCUT2D eigenvalue weighted by Gasteiger charge is 2.29. The van der Waals surface area contributed by atoms with Gasteiger partial charge in [0.15, 0.2) is 0 Å². The third-order valence-electron chi connectivity index (χ3n) is 9.27. The number of likely N-dealkylation sites (tertiary alicyclic amines) is 1. The van der Waals surface area contributed by atoms with Crippen LogP contribution in [0.5, 0.6) is 0 Å². The Morgan fingerprint density at radius 3 is 2.41 bits per heavy atom. The van der Waals surface area contributed by atoms with Gasteiger partial charge >= 0.3 is 6.03 Å². The Balaban J connectivity index is 1.31. The first kappa shape index (κ1) is 34.5. The molecule has 1 aromatic carbocycles. The first-order valence-electron chi connectivity index (χ1n) is 16.8. The Kier molecular flexibility index (Phi) is 14.6. The van der Waals surface area contributed by atoms with E-state index in [1.807, 2.05) is 42.1 Å². The highest BCUT2D eigenvalue weighted by Crippen LogP contribution is 2.29. The second-order valence-corrected chi connectivity index (χ2v) is 14.1. The molecule has 2 aliphatic heterocycles. The van der Waals surface area contributed by atoms with Crippen LogP contribution in [0, 0.1) is 5.92 Å². The molecular formula is C33H54N6O4S. The summed E-state index contributed by atoms with van der Waals surface area (Å²) < 4.78 is 0. The molecule has 7 N–H and O–H groups in total. The zero-order valence-electron chi connectivity index (χ0n) is 26.2. The Morgan fingerprint density at radius 1 is 0.977 bits per heavy atom. The van der Waals surface area contributed by atoms with Crippen LogP contribution >= 0.6 is 11.8 Å². The van der Waals surface area contributed by atoms with E-state index < -0.39 is 18.1 Å². The maximum atomic E-state index is 13.3. The third kappa shape index (κ3) is 11.9. The van der Waals surface area contributed by atoms with Crippen molar-refractivity contribution in [1.29, 1.82) is 0 Å². The predicted octanol–water partition coefficient (Wildman–Crippen LogP) is 2.89. The Morgan fingerprint density at radius 2 is 1.70 bits per heavy atom. The zero-order valence-corrected chi connectivity index (χ0v) is 27.0. The number of nitrogens with one attached hydrogen (secondary N) is 4. The normalized spacial score (nSPS) is 22.0. The first-order chi connectivity index (χ1) is 21.4.